The fourth-order valence-corrected chi connectivity index (χ4v) is 3.12. The molecule has 7 heteroatoms. The molecule has 30 heavy (non-hydrogen) atoms. The van der Waals surface area contributed by atoms with Crippen LogP contribution in [0.15, 0.2) is 73.1 Å². The first-order chi connectivity index (χ1) is 14.7. The lowest BCUT2D eigenvalue weighted by Crippen LogP contribution is -2.10. The molecule has 2 aromatic heterocycles. The summed E-state index contributed by atoms with van der Waals surface area (Å²) in [5.74, 6) is 1.08. The zero-order chi connectivity index (χ0) is 20.8. The van der Waals surface area contributed by atoms with Crippen molar-refractivity contribution in [2.45, 2.75) is 12.8 Å². The molecular weight excluding hydrogens is 376 g/mol. The number of carbonyl (C=O) groups is 1. The van der Waals surface area contributed by atoms with Crippen LogP contribution in [-0.2, 0) is 6.42 Å². The summed E-state index contributed by atoms with van der Waals surface area (Å²) in [6.07, 6.45) is 5.30. The molecule has 0 spiro atoms. The molecule has 1 amide bonds. The molecule has 0 aliphatic carbocycles. The predicted molar refractivity (Wildman–Crippen MR) is 117 cm³/mol. The Kier molecular flexibility index (Phi) is 5.80. The van der Waals surface area contributed by atoms with Crippen LogP contribution in [0.1, 0.15) is 22.6 Å². The van der Waals surface area contributed by atoms with Gasteiger partial charge in [0.1, 0.15) is 5.82 Å². The minimum Gasteiger partial charge on any atom is -0.366 e. The van der Waals surface area contributed by atoms with Gasteiger partial charge < -0.3 is 16.0 Å². The Balaban J connectivity index is 1.31. The van der Waals surface area contributed by atoms with E-state index in [9.17, 15) is 4.79 Å². The maximum atomic E-state index is 11.2. The number of benzene rings is 2. The van der Waals surface area contributed by atoms with Crippen LogP contribution in [0.4, 0.5) is 5.95 Å². The van der Waals surface area contributed by atoms with Gasteiger partial charge >= 0.3 is 0 Å². The zero-order valence-corrected chi connectivity index (χ0v) is 16.4. The van der Waals surface area contributed by atoms with Crippen LogP contribution in [0.5, 0.6) is 0 Å². The van der Waals surface area contributed by atoms with Crippen LogP contribution in [-0.4, -0.2) is 32.4 Å². The first-order valence-electron chi connectivity index (χ1n) is 9.75. The molecule has 0 aliphatic heterocycles. The first kappa shape index (κ1) is 19.3. The van der Waals surface area contributed by atoms with Crippen molar-refractivity contribution in [1.82, 2.24) is 19.9 Å². The number of aromatic nitrogens is 4. The second-order valence-electron chi connectivity index (χ2n) is 6.85. The Hall–Kier alpha value is -4.00. The van der Waals surface area contributed by atoms with E-state index in [1.165, 1.54) is 0 Å². The van der Waals surface area contributed by atoms with E-state index in [2.05, 4.69) is 37.4 Å². The number of nitrogens with two attached hydrogens (primary N) is 1. The molecule has 0 aliphatic rings. The van der Waals surface area contributed by atoms with Crippen molar-refractivity contribution in [3.05, 3.63) is 84.4 Å². The number of nitrogens with one attached hydrogen (secondary N) is 2. The third kappa shape index (κ3) is 4.70. The van der Waals surface area contributed by atoms with Crippen molar-refractivity contribution < 1.29 is 4.79 Å². The molecule has 0 fully saturated rings. The molecule has 0 atom stereocenters. The molecule has 0 unspecified atom stereocenters. The number of primary amides is 1. The number of imidazole rings is 1. The third-order valence-corrected chi connectivity index (χ3v) is 4.71. The second kappa shape index (κ2) is 9.00. The summed E-state index contributed by atoms with van der Waals surface area (Å²) in [7, 11) is 0. The Labute approximate surface area is 174 Å². The van der Waals surface area contributed by atoms with Gasteiger partial charge in [-0.15, -0.1) is 0 Å². The van der Waals surface area contributed by atoms with Crippen molar-refractivity contribution >= 4 is 11.9 Å². The average molecular weight is 398 g/mol. The minimum atomic E-state index is -0.445. The minimum absolute atomic E-state index is 0.445. The lowest BCUT2D eigenvalue weighted by Gasteiger charge is -2.07. The highest BCUT2D eigenvalue weighted by atomic mass is 16.1. The van der Waals surface area contributed by atoms with Gasteiger partial charge in [-0.25, -0.2) is 15.0 Å². The summed E-state index contributed by atoms with van der Waals surface area (Å²) in [6.45, 7) is 0.728. The van der Waals surface area contributed by atoms with Crippen LogP contribution >= 0.6 is 0 Å². The number of nitrogens with zero attached hydrogens (tertiary/aromatic N) is 3. The molecule has 4 N–H and O–H groups in total. The molecule has 2 aromatic carbocycles. The predicted octanol–water partition coefficient (Wildman–Crippen LogP) is 3.68. The standard InChI is InChI=1S/C23H22N6O/c24-22(30)18-10-8-17(9-11-18)19-12-14-26-23(29-19)25-13-4-7-21-27-15-20(28-21)16-5-2-1-3-6-16/h1-3,5-6,8-12,14-15H,4,7,13H2,(H2,24,30)(H,27,28)(H,25,26,29). The molecule has 2 heterocycles. The summed E-state index contributed by atoms with van der Waals surface area (Å²) >= 11 is 0. The van der Waals surface area contributed by atoms with Crippen LogP contribution in [0.25, 0.3) is 22.5 Å². The maximum Gasteiger partial charge on any atom is 0.248 e. The Morgan fingerprint density at radius 2 is 1.77 bits per heavy atom. The normalized spacial score (nSPS) is 10.7. The van der Waals surface area contributed by atoms with Crippen molar-refractivity contribution in [1.29, 1.82) is 0 Å². The molecule has 4 aromatic rings. The van der Waals surface area contributed by atoms with E-state index in [0.29, 0.717) is 11.5 Å². The van der Waals surface area contributed by atoms with Gasteiger partial charge in [-0.1, -0.05) is 42.5 Å². The summed E-state index contributed by atoms with van der Waals surface area (Å²) in [5.41, 5.74) is 9.59. The molecular formula is C23H22N6O. The van der Waals surface area contributed by atoms with Gasteiger partial charge in [0.2, 0.25) is 11.9 Å². The SMILES string of the molecule is NC(=O)c1ccc(-c2ccnc(NCCCc3ncc(-c4ccccc4)[nH]3)n2)cc1. The van der Waals surface area contributed by atoms with Gasteiger partial charge in [-0.2, -0.15) is 0 Å². The number of amides is 1. The highest BCUT2D eigenvalue weighted by molar-refractivity contribution is 5.93. The van der Waals surface area contributed by atoms with Crippen LogP contribution in [0.3, 0.4) is 0 Å². The van der Waals surface area contributed by atoms with E-state index >= 15 is 0 Å². The van der Waals surface area contributed by atoms with Crippen molar-refractivity contribution in [2.75, 3.05) is 11.9 Å². The number of rotatable bonds is 8. The second-order valence-corrected chi connectivity index (χ2v) is 6.85. The van der Waals surface area contributed by atoms with Crippen LogP contribution in [0, 0.1) is 0 Å². The smallest absolute Gasteiger partial charge is 0.248 e. The van der Waals surface area contributed by atoms with Gasteiger partial charge in [-0.05, 0) is 30.2 Å². The molecule has 4 rings (SSSR count). The van der Waals surface area contributed by atoms with E-state index in [-0.39, 0.29) is 0 Å². The summed E-state index contributed by atoms with van der Waals surface area (Å²) in [4.78, 5) is 27.9. The number of hydrogen-bond donors (Lipinski definition) is 3. The van der Waals surface area contributed by atoms with E-state index < -0.39 is 5.91 Å². The third-order valence-electron chi connectivity index (χ3n) is 4.71. The van der Waals surface area contributed by atoms with Gasteiger partial charge in [0.15, 0.2) is 0 Å². The molecule has 7 nitrogen and oxygen atoms in total. The summed E-state index contributed by atoms with van der Waals surface area (Å²) < 4.78 is 0. The summed E-state index contributed by atoms with van der Waals surface area (Å²) in [6, 6.07) is 19.0. The monoisotopic (exact) mass is 398 g/mol. The Morgan fingerprint density at radius 3 is 2.53 bits per heavy atom. The van der Waals surface area contributed by atoms with Crippen LogP contribution in [0.2, 0.25) is 0 Å². The van der Waals surface area contributed by atoms with Crippen molar-refractivity contribution in [3.8, 4) is 22.5 Å². The van der Waals surface area contributed by atoms with Crippen molar-refractivity contribution in [2.24, 2.45) is 5.73 Å². The highest BCUT2D eigenvalue weighted by Crippen LogP contribution is 2.19. The number of hydrogen-bond acceptors (Lipinski definition) is 5. The largest absolute Gasteiger partial charge is 0.366 e. The van der Waals surface area contributed by atoms with Gasteiger partial charge in [0, 0.05) is 30.3 Å². The first-order valence-corrected chi connectivity index (χ1v) is 9.75. The number of H-pyrrole nitrogens is 1. The summed E-state index contributed by atoms with van der Waals surface area (Å²) in [5, 5.41) is 3.26. The highest BCUT2D eigenvalue weighted by Gasteiger charge is 2.06. The number of carbonyl (C=O) groups excluding carboxylic acids is 1. The molecule has 150 valence electrons. The van der Waals surface area contributed by atoms with Gasteiger partial charge in [0.25, 0.3) is 0 Å². The fourth-order valence-electron chi connectivity index (χ4n) is 3.12. The Bertz CT molecular complexity index is 1120. The number of aromatic amines is 1. The van der Waals surface area contributed by atoms with Gasteiger partial charge in [-0.3, -0.25) is 4.79 Å². The maximum absolute atomic E-state index is 11.2. The van der Waals surface area contributed by atoms with E-state index in [0.717, 1.165) is 47.7 Å². The fraction of sp³-hybridized carbons (Fsp3) is 0.130. The molecule has 0 saturated heterocycles. The topological polar surface area (TPSA) is 110 Å². The van der Waals surface area contributed by atoms with Crippen LogP contribution < -0.4 is 11.1 Å². The average Bonchev–Trinajstić information content (AvgIpc) is 3.27. The lowest BCUT2D eigenvalue weighted by atomic mass is 10.1. The van der Waals surface area contributed by atoms with Gasteiger partial charge in [0.05, 0.1) is 17.6 Å². The van der Waals surface area contributed by atoms with Crippen molar-refractivity contribution in [3.63, 3.8) is 0 Å². The van der Waals surface area contributed by atoms with E-state index in [1.807, 2.05) is 42.6 Å². The van der Waals surface area contributed by atoms with E-state index in [1.54, 1.807) is 18.3 Å². The lowest BCUT2D eigenvalue weighted by molar-refractivity contribution is 0.100. The number of aryl methyl sites for hydroxylation is 1. The van der Waals surface area contributed by atoms with E-state index in [4.69, 9.17) is 5.73 Å². The zero-order valence-electron chi connectivity index (χ0n) is 16.4. The molecule has 0 bridgehead atoms. The quantitative estimate of drug-likeness (QED) is 0.392. The number of anilines is 1. The molecule has 0 saturated carbocycles. The molecule has 0 radical (unpaired) electrons. The Morgan fingerprint density at radius 1 is 0.967 bits per heavy atom.